The molecule has 152 valence electrons. The minimum atomic E-state index is 0.161. The van der Waals surface area contributed by atoms with Crippen LogP contribution in [0.3, 0.4) is 0 Å². The molecule has 2 heterocycles. The Balaban J connectivity index is 1.47. The molecule has 1 aromatic carbocycles. The molecule has 0 radical (unpaired) electrons. The maximum Gasteiger partial charge on any atom is 0.233 e. The van der Waals surface area contributed by atoms with Gasteiger partial charge in [0.25, 0.3) is 0 Å². The third-order valence-electron chi connectivity index (χ3n) is 5.76. The maximum atomic E-state index is 10.5. The Hall–Kier alpha value is -2.89. The van der Waals surface area contributed by atoms with Gasteiger partial charge in [0.2, 0.25) is 5.88 Å². The number of aromatic nitrogens is 4. The monoisotopic (exact) mass is 392 g/mol. The number of rotatable bonds is 4. The predicted octanol–water partition coefficient (Wildman–Crippen LogP) is 5.22. The number of phenols is 1. The normalized spacial score (nSPS) is 22.6. The first-order valence-corrected chi connectivity index (χ1v) is 10.4. The van der Waals surface area contributed by atoms with Crippen LogP contribution < -0.4 is 4.74 Å². The summed E-state index contributed by atoms with van der Waals surface area (Å²) < 4.78 is 6.17. The number of H-pyrrole nitrogens is 1. The highest BCUT2D eigenvalue weighted by atomic mass is 16.5. The Morgan fingerprint density at radius 2 is 1.79 bits per heavy atom. The van der Waals surface area contributed by atoms with Gasteiger partial charge in [-0.1, -0.05) is 39.2 Å². The number of aromatic hydroxyl groups is 1. The zero-order valence-electron chi connectivity index (χ0n) is 17.0. The van der Waals surface area contributed by atoms with Crippen LogP contribution in [-0.2, 0) is 0 Å². The quantitative estimate of drug-likeness (QED) is 0.636. The van der Waals surface area contributed by atoms with Crippen molar-refractivity contribution in [3.63, 3.8) is 0 Å². The summed E-state index contributed by atoms with van der Waals surface area (Å²) in [7, 11) is 0. The van der Waals surface area contributed by atoms with Gasteiger partial charge < -0.3 is 9.84 Å². The lowest BCUT2D eigenvalue weighted by molar-refractivity contribution is 0.121. The van der Waals surface area contributed by atoms with Crippen molar-refractivity contribution < 1.29 is 9.84 Å². The van der Waals surface area contributed by atoms with Crippen LogP contribution in [-0.4, -0.2) is 31.6 Å². The number of nitrogens with zero attached hydrogens (tertiary/aromatic N) is 3. The van der Waals surface area contributed by atoms with Crippen LogP contribution in [0.2, 0.25) is 0 Å². The second-order valence-corrected chi connectivity index (χ2v) is 8.33. The zero-order valence-corrected chi connectivity index (χ0v) is 17.0. The van der Waals surface area contributed by atoms with Gasteiger partial charge >= 0.3 is 0 Å². The fourth-order valence-electron chi connectivity index (χ4n) is 4.17. The largest absolute Gasteiger partial charge is 0.507 e. The molecule has 1 aliphatic rings. The fourth-order valence-corrected chi connectivity index (χ4v) is 4.17. The molecule has 3 atom stereocenters. The SMILES string of the molecule is C[C@@H]1CCC[C@H](C)CC(Oc2ccc(-c3ccc(-c4cn[nH]c4)cc3O)nn2)C1. The molecule has 2 N–H and O–H groups in total. The van der Waals surface area contributed by atoms with Crippen LogP contribution in [0, 0.1) is 11.8 Å². The van der Waals surface area contributed by atoms with Crippen molar-refractivity contribution in [2.24, 2.45) is 11.8 Å². The smallest absolute Gasteiger partial charge is 0.233 e. The zero-order chi connectivity index (χ0) is 20.2. The average molecular weight is 393 g/mol. The second kappa shape index (κ2) is 8.64. The molecule has 6 nitrogen and oxygen atoms in total. The van der Waals surface area contributed by atoms with Gasteiger partial charge in [0.15, 0.2) is 0 Å². The van der Waals surface area contributed by atoms with E-state index < -0.39 is 0 Å². The van der Waals surface area contributed by atoms with Crippen molar-refractivity contribution in [3.05, 3.63) is 42.7 Å². The van der Waals surface area contributed by atoms with E-state index >= 15 is 0 Å². The molecular weight excluding hydrogens is 364 g/mol. The molecular formula is C23H28N4O2. The van der Waals surface area contributed by atoms with E-state index in [1.807, 2.05) is 24.3 Å². The molecule has 0 saturated heterocycles. The molecule has 0 spiro atoms. The lowest BCUT2D eigenvalue weighted by Crippen LogP contribution is -2.25. The van der Waals surface area contributed by atoms with Crippen molar-refractivity contribution in [1.82, 2.24) is 20.4 Å². The Morgan fingerprint density at radius 1 is 1.00 bits per heavy atom. The maximum absolute atomic E-state index is 10.5. The number of hydrogen-bond donors (Lipinski definition) is 2. The van der Waals surface area contributed by atoms with Gasteiger partial charge in [0.1, 0.15) is 11.9 Å². The third kappa shape index (κ3) is 4.75. The van der Waals surface area contributed by atoms with Crippen LogP contribution in [0.1, 0.15) is 46.0 Å². The lowest BCUT2D eigenvalue weighted by Gasteiger charge is -2.27. The third-order valence-corrected chi connectivity index (χ3v) is 5.76. The van der Waals surface area contributed by atoms with Crippen molar-refractivity contribution in [1.29, 1.82) is 0 Å². The fraction of sp³-hybridized carbons (Fsp3) is 0.435. The van der Waals surface area contributed by atoms with Crippen LogP contribution in [0.15, 0.2) is 42.7 Å². The summed E-state index contributed by atoms with van der Waals surface area (Å²) in [6.07, 6.45) is 9.66. The first kappa shape index (κ1) is 19.4. The molecule has 29 heavy (non-hydrogen) atoms. The van der Waals surface area contributed by atoms with Gasteiger partial charge in [-0.15, -0.1) is 10.2 Å². The highest BCUT2D eigenvalue weighted by molar-refractivity contribution is 5.73. The second-order valence-electron chi connectivity index (χ2n) is 8.33. The molecule has 0 amide bonds. The summed E-state index contributed by atoms with van der Waals surface area (Å²) in [4.78, 5) is 0. The average Bonchev–Trinajstić information content (AvgIpc) is 3.22. The van der Waals surface area contributed by atoms with Crippen LogP contribution >= 0.6 is 0 Å². The first-order valence-electron chi connectivity index (χ1n) is 10.4. The standard InChI is InChI=1S/C23H28N4O2/c1-15-4-3-5-16(2)11-19(10-15)29-23-9-8-21(26-27-23)20-7-6-17(12-22(20)28)18-13-24-25-14-18/h6-9,12-16,19,28H,3-5,10-11H2,1-2H3,(H,24,25)/t15-,16+,19?. The van der Waals surface area contributed by atoms with Gasteiger partial charge in [0.05, 0.1) is 11.9 Å². The van der Waals surface area contributed by atoms with Gasteiger partial charge in [0, 0.05) is 23.4 Å². The number of ether oxygens (including phenoxy) is 1. The van der Waals surface area contributed by atoms with E-state index in [2.05, 4.69) is 34.2 Å². The molecule has 0 bridgehead atoms. The van der Waals surface area contributed by atoms with Crippen molar-refractivity contribution in [3.8, 4) is 34.0 Å². The van der Waals surface area contributed by atoms with Crippen LogP contribution in [0.5, 0.6) is 11.6 Å². The van der Waals surface area contributed by atoms with Crippen molar-refractivity contribution in [2.75, 3.05) is 0 Å². The van der Waals surface area contributed by atoms with E-state index in [-0.39, 0.29) is 11.9 Å². The van der Waals surface area contributed by atoms with E-state index in [1.165, 1.54) is 19.3 Å². The molecule has 4 rings (SSSR count). The van der Waals surface area contributed by atoms with Gasteiger partial charge in [-0.25, -0.2) is 0 Å². The summed E-state index contributed by atoms with van der Waals surface area (Å²) in [5, 5.41) is 25.7. The van der Waals surface area contributed by atoms with E-state index in [1.54, 1.807) is 18.5 Å². The number of aromatic amines is 1. The number of benzene rings is 1. The Bertz CT molecular complexity index is 913. The van der Waals surface area contributed by atoms with Crippen molar-refractivity contribution >= 4 is 0 Å². The highest BCUT2D eigenvalue weighted by Gasteiger charge is 2.22. The summed E-state index contributed by atoms with van der Waals surface area (Å²) in [6.45, 7) is 4.61. The molecule has 1 fully saturated rings. The molecule has 6 heteroatoms. The van der Waals surface area contributed by atoms with E-state index in [9.17, 15) is 5.11 Å². The van der Waals surface area contributed by atoms with Gasteiger partial charge in [-0.05, 0) is 48.4 Å². The van der Waals surface area contributed by atoms with Crippen LogP contribution in [0.4, 0.5) is 0 Å². The first-order chi connectivity index (χ1) is 14.1. The van der Waals surface area contributed by atoms with Gasteiger partial charge in [-0.2, -0.15) is 5.10 Å². The van der Waals surface area contributed by atoms with Crippen molar-refractivity contribution in [2.45, 2.75) is 52.1 Å². The van der Waals surface area contributed by atoms with E-state index in [0.717, 1.165) is 24.0 Å². The minimum Gasteiger partial charge on any atom is -0.507 e. The topological polar surface area (TPSA) is 83.9 Å². The van der Waals surface area contributed by atoms with Gasteiger partial charge in [-0.3, -0.25) is 5.10 Å². The summed E-state index contributed by atoms with van der Waals surface area (Å²) in [6, 6.07) is 9.19. The molecule has 1 saturated carbocycles. The number of hydrogen-bond acceptors (Lipinski definition) is 5. The summed E-state index contributed by atoms with van der Waals surface area (Å²) >= 11 is 0. The lowest BCUT2D eigenvalue weighted by atomic mass is 9.86. The highest BCUT2D eigenvalue weighted by Crippen LogP contribution is 2.33. The van der Waals surface area contributed by atoms with E-state index in [0.29, 0.717) is 29.0 Å². The Morgan fingerprint density at radius 3 is 2.41 bits per heavy atom. The van der Waals surface area contributed by atoms with E-state index in [4.69, 9.17) is 4.74 Å². The molecule has 0 aliphatic heterocycles. The molecule has 2 aromatic heterocycles. The molecule has 1 unspecified atom stereocenters. The Labute approximate surface area is 171 Å². The summed E-state index contributed by atoms with van der Waals surface area (Å²) in [5.41, 5.74) is 3.07. The predicted molar refractivity (Wildman–Crippen MR) is 113 cm³/mol. The summed E-state index contributed by atoms with van der Waals surface area (Å²) in [5.74, 6) is 2.05. The molecule has 1 aliphatic carbocycles. The minimum absolute atomic E-state index is 0.161. The van der Waals surface area contributed by atoms with Crippen LogP contribution in [0.25, 0.3) is 22.4 Å². The number of nitrogens with one attached hydrogen (secondary N) is 1. The number of phenolic OH excluding ortho intramolecular Hbond substituents is 1. The Kier molecular flexibility index (Phi) is 5.79. The molecule has 3 aromatic rings.